The van der Waals surface area contributed by atoms with Gasteiger partial charge in [-0.2, -0.15) is 0 Å². The minimum absolute atomic E-state index is 0.240. The van der Waals surface area contributed by atoms with Crippen molar-refractivity contribution in [2.24, 2.45) is 0 Å². The first-order valence-electron chi connectivity index (χ1n) is 4.93. The molecule has 0 bridgehead atoms. The van der Waals surface area contributed by atoms with Crippen LogP contribution in [0.5, 0.6) is 0 Å². The van der Waals surface area contributed by atoms with Crippen LogP contribution in [-0.2, 0) is 5.67 Å². The Hall–Kier alpha value is -0.870. The average molecular weight is 230 g/mol. The highest BCUT2D eigenvalue weighted by Gasteiger charge is 2.35. The Balaban J connectivity index is 2.38. The van der Waals surface area contributed by atoms with Crippen LogP contribution < -0.4 is 11.1 Å². The van der Waals surface area contributed by atoms with Crippen molar-refractivity contribution in [1.82, 2.24) is 10.3 Å². The molecule has 0 unspecified atom stereocenters. The first-order chi connectivity index (χ1) is 7.12. The lowest BCUT2D eigenvalue weighted by molar-refractivity contribution is 0.116. The first kappa shape index (κ1) is 10.6. The molecule has 3 nitrogen and oxygen atoms in total. The smallest absolute Gasteiger partial charge is 0.142 e. The number of nitrogen functional groups attached to an aromatic ring is 1. The van der Waals surface area contributed by atoms with Crippen molar-refractivity contribution in [2.75, 3.05) is 18.8 Å². The molecule has 0 amide bonds. The fraction of sp³-hybridized carbons (Fsp3) is 0.500. The largest absolute Gasteiger partial charge is 0.383 e. The third kappa shape index (κ3) is 2.06. The molecule has 1 aromatic heterocycles. The average Bonchev–Trinajstić information content (AvgIpc) is 2.23. The quantitative estimate of drug-likeness (QED) is 0.773. The molecule has 0 radical (unpaired) electrons. The molecule has 2 rings (SSSR count). The molecule has 1 aliphatic heterocycles. The Bertz CT molecular complexity index is 364. The molecule has 0 aromatic carbocycles. The third-order valence-electron chi connectivity index (χ3n) is 2.76. The maximum atomic E-state index is 14.5. The predicted octanol–water partition coefficient (Wildman–Crippen LogP) is 1.87. The van der Waals surface area contributed by atoms with Gasteiger partial charge < -0.3 is 11.1 Å². The van der Waals surface area contributed by atoms with Gasteiger partial charge in [0.25, 0.3) is 0 Å². The van der Waals surface area contributed by atoms with E-state index in [0.29, 0.717) is 36.5 Å². The SMILES string of the molecule is Nc1ncc(Cl)cc1C1(F)CCNCC1. The standard InChI is InChI=1S/C10H13ClFN3/c11-7-5-8(9(13)15-6-7)10(12)1-3-14-4-2-10/h5-6,14H,1-4H2,(H2,13,15). The van der Waals surface area contributed by atoms with Crippen LogP contribution in [-0.4, -0.2) is 18.1 Å². The van der Waals surface area contributed by atoms with Crippen molar-refractivity contribution in [3.8, 4) is 0 Å². The van der Waals surface area contributed by atoms with Crippen LogP contribution >= 0.6 is 11.6 Å². The van der Waals surface area contributed by atoms with E-state index < -0.39 is 5.67 Å². The number of pyridine rings is 1. The molecular formula is C10H13ClFN3. The Morgan fingerprint density at radius 3 is 2.80 bits per heavy atom. The molecule has 0 spiro atoms. The maximum absolute atomic E-state index is 14.5. The van der Waals surface area contributed by atoms with Gasteiger partial charge in [0.15, 0.2) is 0 Å². The van der Waals surface area contributed by atoms with Crippen molar-refractivity contribution in [1.29, 1.82) is 0 Å². The highest BCUT2D eigenvalue weighted by atomic mass is 35.5. The summed E-state index contributed by atoms with van der Waals surface area (Å²) in [7, 11) is 0. The molecule has 0 atom stereocenters. The summed E-state index contributed by atoms with van der Waals surface area (Å²) in [6.07, 6.45) is 2.27. The summed E-state index contributed by atoms with van der Waals surface area (Å²) in [5.41, 5.74) is 4.72. The van der Waals surface area contributed by atoms with Gasteiger partial charge in [0.05, 0.1) is 5.02 Å². The second kappa shape index (κ2) is 3.94. The van der Waals surface area contributed by atoms with E-state index in [-0.39, 0.29) is 5.82 Å². The van der Waals surface area contributed by atoms with Gasteiger partial charge in [0.1, 0.15) is 11.5 Å². The van der Waals surface area contributed by atoms with Gasteiger partial charge in [-0.15, -0.1) is 0 Å². The highest BCUT2D eigenvalue weighted by molar-refractivity contribution is 6.30. The van der Waals surface area contributed by atoms with Crippen molar-refractivity contribution in [2.45, 2.75) is 18.5 Å². The molecule has 5 heteroatoms. The maximum Gasteiger partial charge on any atom is 0.142 e. The van der Waals surface area contributed by atoms with Gasteiger partial charge in [-0.25, -0.2) is 9.37 Å². The highest BCUT2D eigenvalue weighted by Crippen LogP contribution is 2.38. The van der Waals surface area contributed by atoms with Crippen LogP contribution in [0.15, 0.2) is 12.3 Å². The first-order valence-corrected chi connectivity index (χ1v) is 5.31. The Morgan fingerprint density at radius 2 is 2.13 bits per heavy atom. The van der Waals surface area contributed by atoms with Crippen LogP contribution in [0.1, 0.15) is 18.4 Å². The predicted molar refractivity (Wildman–Crippen MR) is 58.5 cm³/mol. The van der Waals surface area contributed by atoms with Crippen LogP contribution in [0.2, 0.25) is 5.02 Å². The summed E-state index contributed by atoms with van der Waals surface area (Å²) in [6, 6.07) is 1.58. The topological polar surface area (TPSA) is 50.9 Å². The number of anilines is 1. The summed E-state index contributed by atoms with van der Waals surface area (Å²) >= 11 is 5.80. The minimum Gasteiger partial charge on any atom is -0.383 e. The second-order valence-corrected chi connectivity index (χ2v) is 4.24. The summed E-state index contributed by atoms with van der Waals surface area (Å²) in [5.74, 6) is 0.240. The van der Waals surface area contributed by atoms with E-state index in [9.17, 15) is 4.39 Å². The van der Waals surface area contributed by atoms with E-state index in [1.165, 1.54) is 6.20 Å². The molecule has 0 aliphatic carbocycles. The van der Waals surface area contributed by atoms with Crippen molar-refractivity contribution in [3.05, 3.63) is 22.8 Å². The minimum atomic E-state index is -1.38. The van der Waals surface area contributed by atoms with E-state index in [4.69, 9.17) is 17.3 Å². The zero-order valence-electron chi connectivity index (χ0n) is 8.26. The van der Waals surface area contributed by atoms with Gasteiger partial charge in [-0.3, -0.25) is 0 Å². The van der Waals surface area contributed by atoms with E-state index in [1.807, 2.05) is 0 Å². The van der Waals surface area contributed by atoms with Gasteiger partial charge in [0, 0.05) is 11.8 Å². The molecule has 1 aliphatic rings. The molecule has 3 N–H and O–H groups in total. The summed E-state index contributed by atoms with van der Waals surface area (Å²) in [4.78, 5) is 3.88. The zero-order valence-corrected chi connectivity index (χ0v) is 9.02. The number of nitrogens with zero attached hydrogens (tertiary/aromatic N) is 1. The van der Waals surface area contributed by atoms with Crippen LogP contribution in [0.4, 0.5) is 10.2 Å². The lowest BCUT2D eigenvalue weighted by Crippen LogP contribution is -2.37. The van der Waals surface area contributed by atoms with Gasteiger partial charge in [-0.05, 0) is 32.0 Å². The number of hydrogen-bond donors (Lipinski definition) is 2. The summed E-state index contributed by atoms with van der Waals surface area (Å²) in [5, 5.41) is 3.54. The zero-order chi connectivity index (χ0) is 10.9. The lowest BCUT2D eigenvalue weighted by Gasteiger charge is -2.30. The van der Waals surface area contributed by atoms with Crippen LogP contribution in [0, 0.1) is 0 Å². The summed E-state index contributed by atoms with van der Waals surface area (Å²) < 4.78 is 14.5. The lowest BCUT2D eigenvalue weighted by atomic mass is 9.87. The van der Waals surface area contributed by atoms with E-state index in [1.54, 1.807) is 6.07 Å². The van der Waals surface area contributed by atoms with Gasteiger partial charge >= 0.3 is 0 Å². The Morgan fingerprint density at radius 1 is 1.47 bits per heavy atom. The Labute approximate surface area is 92.8 Å². The number of nitrogens with two attached hydrogens (primary N) is 1. The van der Waals surface area contributed by atoms with Crippen LogP contribution in [0.3, 0.4) is 0 Å². The molecule has 1 aromatic rings. The monoisotopic (exact) mass is 229 g/mol. The number of hydrogen-bond acceptors (Lipinski definition) is 3. The van der Waals surface area contributed by atoms with Gasteiger partial charge in [0.2, 0.25) is 0 Å². The number of piperidine rings is 1. The van der Waals surface area contributed by atoms with Crippen LogP contribution in [0.25, 0.3) is 0 Å². The molecule has 2 heterocycles. The number of nitrogens with one attached hydrogen (secondary N) is 1. The fourth-order valence-corrected chi connectivity index (χ4v) is 2.06. The number of halogens is 2. The van der Waals surface area contributed by atoms with Crippen molar-refractivity contribution >= 4 is 17.4 Å². The fourth-order valence-electron chi connectivity index (χ4n) is 1.90. The molecule has 0 saturated carbocycles. The molecule has 1 fully saturated rings. The Kier molecular flexibility index (Phi) is 2.80. The molecule has 82 valence electrons. The third-order valence-corrected chi connectivity index (χ3v) is 2.97. The molecular weight excluding hydrogens is 217 g/mol. The van der Waals surface area contributed by atoms with Gasteiger partial charge in [-0.1, -0.05) is 11.6 Å². The second-order valence-electron chi connectivity index (χ2n) is 3.80. The van der Waals surface area contributed by atoms with E-state index in [0.717, 1.165) is 0 Å². The summed E-state index contributed by atoms with van der Waals surface area (Å²) in [6.45, 7) is 1.31. The molecule has 15 heavy (non-hydrogen) atoms. The normalized spacial score (nSPS) is 20.1. The van der Waals surface area contributed by atoms with E-state index >= 15 is 0 Å². The number of rotatable bonds is 1. The number of alkyl halides is 1. The van der Waals surface area contributed by atoms with Crippen molar-refractivity contribution < 1.29 is 4.39 Å². The molecule has 1 saturated heterocycles. The number of aromatic nitrogens is 1. The van der Waals surface area contributed by atoms with Crippen molar-refractivity contribution in [3.63, 3.8) is 0 Å². The van der Waals surface area contributed by atoms with E-state index in [2.05, 4.69) is 10.3 Å².